The number of aromatic nitrogens is 3. The second-order valence-corrected chi connectivity index (χ2v) is 9.36. The van der Waals surface area contributed by atoms with E-state index in [0.717, 1.165) is 47.6 Å². The van der Waals surface area contributed by atoms with E-state index in [1.807, 2.05) is 20.2 Å². The number of anilines is 2. The second-order valence-electron chi connectivity index (χ2n) is 9.36. The molecule has 0 bridgehead atoms. The van der Waals surface area contributed by atoms with Gasteiger partial charge < -0.3 is 14.5 Å². The van der Waals surface area contributed by atoms with Crippen molar-refractivity contribution in [2.75, 3.05) is 30.0 Å². The Bertz CT molecular complexity index is 1240. The van der Waals surface area contributed by atoms with E-state index in [0.29, 0.717) is 12.6 Å². The lowest BCUT2D eigenvalue weighted by Crippen LogP contribution is -2.58. The zero-order chi connectivity index (χ0) is 23.3. The van der Waals surface area contributed by atoms with E-state index >= 15 is 0 Å². The van der Waals surface area contributed by atoms with Crippen LogP contribution in [-0.2, 0) is 13.6 Å². The summed E-state index contributed by atoms with van der Waals surface area (Å²) < 4.78 is 1.76. The molecule has 2 aromatic heterocycles. The first-order chi connectivity index (χ1) is 15.9. The van der Waals surface area contributed by atoms with Crippen molar-refractivity contribution in [2.45, 2.75) is 51.9 Å². The average molecular weight is 448 g/mol. The van der Waals surface area contributed by atoms with E-state index in [-0.39, 0.29) is 17.6 Å². The predicted molar refractivity (Wildman–Crippen MR) is 132 cm³/mol. The van der Waals surface area contributed by atoms with E-state index < -0.39 is 0 Å². The molecule has 1 saturated heterocycles. The summed E-state index contributed by atoms with van der Waals surface area (Å²) in [7, 11) is 3.89. The normalized spacial score (nSPS) is 22.1. The number of pyridine rings is 1. The summed E-state index contributed by atoms with van der Waals surface area (Å²) in [6, 6.07) is 9.16. The minimum atomic E-state index is 0.0502. The van der Waals surface area contributed by atoms with E-state index in [4.69, 9.17) is 0 Å². The van der Waals surface area contributed by atoms with Gasteiger partial charge in [0, 0.05) is 63.8 Å². The summed E-state index contributed by atoms with van der Waals surface area (Å²) in [6.07, 6.45) is 4.53. The van der Waals surface area contributed by atoms with Gasteiger partial charge in [-0.1, -0.05) is 13.0 Å². The molecule has 4 heterocycles. The van der Waals surface area contributed by atoms with Gasteiger partial charge in [0.1, 0.15) is 0 Å². The molecule has 5 rings (SSSR count). The predicted octanol–water partition coefficient (Wildman–Crippen LogP) is 2.83. The lowest BCUT2D eigenvalue weighted by Gasteiger charge is -2.49. The molecule has 2 aliphatic heterocycles. The topological polar surface area (TPSA) is 69.5 Å². The van der Waals surface area contributed by atoms with Gasteiger partial charge in [-0.2, -0.15) is 0 Å². The molecule has 1 N–H and O–H groups in total. The van der Waals surface area contributed by atoms with Crippen LogP contribution in [0.25, 0.3) is 11.0 Å². The Morgan fingerprint density at radius 2 is 1.88 bits per heavy atom. The first kappa shape index (κ1) is 21.9. The van der Waals surface area contributed by atoms with Crippen LogP contribution in [0.4, 0.5) is 11.4 Å². The van der Waals surface area contributed by atoms with Crippen molar-refractivity contribution in [3.05, 3.63) is 58.3 Å². The number of hydrazine groups is 1. The molecule has 3 atom stereocenters. The van der Waals surface area contributed by atoms with E-state index in [9.17, 15) is 4.79 Å². The zero-order valence-electron chi connectivity index (χ0n) is 20.1. The van der Waals surface area contributed by atoms with Crippen molar-refractivity contribution in [3.8, 4) is 0 Å². The van der Waals surface area contributed by atoms with Crippen LogP contribution in [0.15, 0.2) is 41.5 Å². The first-order valence-corrected chi connectivity index (χ1v) is 11.8. The molecule has 0 spiro atoms. The van der Waals surface area contributed by atoms with Crippen molar-refractivity contribution < 1.29 is 0 Å². The van der Waals surface area contributed by atoms with Crippen molar-refractivity contribution in [2.24, 2.45) is 7.05 Å². The van der Waals surface area contributed by atoms with Crippen molar-refractivity contribution >= 4 is 22.4 Å². The summed E-state index contributed by atoms with van der Waals surface area (Å²) in [4.78, 5) is 26.7. The number of benzene rings is 1. The Balaban J connectivity index is 1.46. The van der Waals surface area contributed by atoms with E-state index in [2.05, 4.69) is 69.2 Å². The largest absolute Gasteiger partial charge is 0.364 e. The molecule has 0 radical (unpaired) electrons. The number of rotatable bonds is 4. The van der Waals surface area contributed by atoms with E-state index in [1.165, 1.54) is 5.56 Å². The third-order valence-electron chi connectivity index (χ3n) is 7.47. The van der Waals surface area contributed by atoms with Crippen molar-refractivity contribution in [1.29, 1.82) is 0 Å². The molecule has 0 aliphatic carbocycles. The third kappa shape index (κ3) is 3.67. The highest BCUT2D eigenvalue weighted by atomic mass is 16.1. The van der Waals surface area contributed by atoms with Crippen LogP contribution in [-0.4, -0.2) is 51.7 Å². The SMILES string of the molecule is CC[C@@H]1CN(c2cc(=O)n(C)c3c2N(C)NC3)[C@@H](C)CN1C(C)c1ccc2nccnc2c1. The van der Waals surface area contributed by atoms with Crippen molar-refractivity contribution in [3.63, 3.8) is 0 Å². The minimum absolute atomic E-state index is 0.0502. The smallest absolute Gasteiger partial charge is 0.252 e. The molecule has 174 valence electrons. The highest BCUT2D eigenvalue weighted by Crippen LogP contribution is 2.38. The molecule has 0 amide bonds. The Labute approximate surface area is 194 Å². The number of fused-ring (bicyclic) bond motifs is 2. The van der Waals surface area contributed by atoms with Gasteiger partial charge in [-0.15, -0.1) is 0 Å². The average Bonchev–Trinajstić information content (AvgIpc) is 3.22. The Hall–Kier alpha value is -2.97. The lowest BCUT2D eigenvalue weighted by atomic mass is 9.97. The van der Waals surface area contributed by atoms with E-state index in [1.54, 1.807) is 17.0 Å². The van der Waals surface area contributed by atoms with Crippen LogP contribution in [0.3, 0.4) is 0 Å². The molecule has 1 aromatic carbocycles. The van der Waals surface area contributed by atoms with Crippen LogP contribution in [0, 0.1) is 0 Å². The number of hydrogen-bond donors (Lipinski definition) is 1. The maximum Gasteiger partial charge on any atom is 0.252 e. The van der Waals surface area contributed by atoms with Crippen LogP contribution < -0.4 is 20.9 Å². The third-order valence-corrected chi connectivity index (χ3v) is 7.47. The standard InChI is InChI=1S/C25H33N7O/c1-6-19-15-31(22-12-24(33)29(4)23-13-28-30(5)25(22)23)16(2)14-32(19)17(3)18-7-8-20-21(11-18)27-10-9-26-20/h7-12,16-17,19,28H,6,13-15H2,1-5H3/t16-,17?,19+/m0/s1. The second kappa shape index (κ2) is 8.43. The molecule has 3 aromatic rings. The van der Waals surface area contributed by atoms with Gasteiger partial charge in [-0.25, -0.2) is 5.43 Å². The highest BCUT2D eigenvalue weighted by Gasteiger charge is 2.36. The first-order valence-electron chi connectivity index (χ1n) is 11.8. The molecule has 33 heavy (non-hydrogen) atoms. The fraction of sp³-hybridized carbons (Fsp3) is 0.480. The fourth-order valence-electron chi connectivity index (χ4n) is 5.45. The molecular formula is C25H33N7O. The van der Waals surface area contributed by atoms with Gasteiger partial charge in [0.15, 0.2) is 0 Å². The Morgan fingerprint density at radius 1 is 1.12 bits per heavy atom. The zero-order valence-corrected chi connectivity index (χ0v) is 20.1. The summed E-state index contributed by atoms with van der Waals surface area (Å²) in [5, 5.41) is 2.06. The summed E-state index contributed by atoms with van der Waals surface area (Å²) in [6.45, 7) is 9.31. The Kier molecular flexibility index (Phi) is 5.58. The van der Waals surface area contributed by atoms with Crippen LogP contribution >= 0.6 is 0 Å². The number of hydrogen-bond acceptors (Lipinski definition) is 7. The van der Waals surface area contributed by atoms with Gasteiger partial charge in [0.2, 0.25) is 0 Å². The summed E-state index contributed by atoms with van der Waals surface area (Å²) in [5.41, 5.74) is 9.75. The van der Waals surface area contributed by atoms with Gasteiger partial charge in [0.05, 0.1) is 34.6 Å². The fourth-order valence-corrected chi connectivity index (χ4v) is 5.45. The van der Waals surface area contributed by atoms with Gasteiger partial charge in [-0.05, 0) is 38.0 Å². The quantitative estimate of drug-likeness (QED) is 0.660. The summed E-state index contributed by atoms with van der Waals surface area (Å²) in [5.74, 6) is 0. The molecule has 1 unspecified atom stereocenters. The Morgan fingerprint density at radius 3 is 2.64 bits per heavy atom. The molecule has 1 fully saturated rings. The van der Waals surface area contributed by atoms with Gasteiger partial charge >= 0.3 is 0 Å². The maximum absolute atomic E-state index is 12.7. The maximum atomic E-state index is 12.7. The van der Waals surface area contributed by atoms with Crippen LogP contribution in [0.1, 0.15) is 44.5 Å². The number of piperazine rings is 1. The number of nitrogens with one attached hydrogen (secondary N) is 1. The molecule has 8 heteroatoms. The summed E-state index contributed by atoms with van der Waals surface area (Å²) >= 11 is 0. The van der Waals surface area contributed by atoms with Crippen LogP contribution in [0.5, 0.6) is 0 Å². The van der Waals surface area contributed by atoms with Gasteiger partial charge in [-0.3, -0.25) is 19.7 Å². The lowest BCUT2D eigenvalue weighted by molar-refractivity contribution is 0.106. The highest BCUT2D eigenvalue weighted by molar-refractivity contribution is 5.75. The molecule has 8 nitrogen and oxygen atoms in total. The van der Waals surface area contributed by atoms with Crippen molar-refractivity contribution in [1.82, 2.24) is 24.9 Å². The molecule has 2 aliphatic rings. The minimum Gasteiger partial charge on any atom is -0.364 e. The monoisotopic (exact) mass is 447 g/mol. The number of nitrogens with zero attached hydrogens (tertiary/aromatic N) is 6. The van der Waals surface area contributed by atoms with Crippen LogP contribution in [0.2, 0.25) is 0 Å². The molecular weight excluding hydrogens is 414 g/mol. The molecule has 0 saturated carbocycles. The van der Waals surface area contributed by atoms with Gasteiger partial charge in [0.25, 0.3) is 5.56 Å².